The maximum absolute atomic E-state index is 13.3. The van der Waals surface area contributed by atoms with Crippen molar-refractivity contribution in [2.45, 2.75) is 9.92 Å². The normalized spacial score (nSPS) is 10.3. The molecular weight excluding hydrogens is 235 g/mol. The van der Waals surface area contributed by atoms with Gasteiger partial charge in [0.2, 0.25) is 0 Å². The second-order valence-electron chi connectivity index (χ2n) is 2.71. The zero-order chi connectivity index (χ0) is 10.7. The first-order chi connectivity index (χ1) is 7.25. The number of nitrogens with zero attached hydrogens (tertiary/aromatic N) is 2. The van der Waals surface area contributed by atoms with Crippen molar-refractivity contribution in [2.24, 2.45) is 0 Å². The summed E-state index contributed by atoms with van der Waals surface area (Å²) in [7, 11) is 0. The number of hydrogen-bond acceptors (Lipinski definition) is 3. The van der Waals surface area contributed by atoms with E-state index in [1.54, 1.807) is 24.3 Å². The van der Waals surface area contributed by atoms with E-state index in [-0.39, 0.29) is 5.82 Å². The van der Waals surface area contributed by atoms with Crippen molar-refractivity contribution >= 4 is 23.4 Å². The van der Waals surface area contributed by atoms with Crippen LogP contribution in [0.15, 0.2) is 46.6 Å². The highest BCUT2D eigenvalue weighted by atomic mass is 35.5. The zero-order valence-electron chi connectivity index (χ0n) is 7.52. The maximum Gasteiger partial charge on any atom is 0.137 e. The monoisotopic (exact) mass is 240 g/mol. The summed E-state index contributed by atoms with van der Waals surface area (Å²) in [5.41, 5.74) is 0. The van der Waals surface area contributed by atoms with Crippen molar-refractivity contribution < 1.29 is 4.39 Å². The summed E-state index contributed by atoms with van der Waals surface area (Å²) in [6.45, 7) is 0. The smallest absolute Gasteiger partial charge is 0.137 e. The molecule has 0 unspecified atom stereocenters. The van der Waals surface area contributed by atoms with Gasteiger partial charge in [-0.25, -0.2) is 14.4 Å². The molecule has 0 aliphatic carbocycles. The molecule has 76 valence electrons. The Kier molecular flexibility index (Phi) is 3.18. The van der Waals surface area contributed by atoms with Gasteiger partial charge in [-0.15, -0.1) is 0 Å². The molecule has 0 aliphatic rings. The molecule has 0 saturated carbocycles. The minimum Gasteiger partial charge on any atom is -0.230 e. The van der Waals surface area contributed by atoms with Crippen LogP contribution in [0.2, 0.25) is 5.15 Å². The highest BCUT2D eigenvalue weighted by Gasteiger charge is 2.04. The predicted molar refractivity (Wildman–Crippen MR) is 57.6 cm³/mol. The van der Waals surface area contributed by atoms with Crippen molar-refractivity contribution in [1.29, 1.82) is 0 Å². The SMILES string of the molecule is Fc1ccccc1Sc1cc(Cl)ncn1. The Morgan fingerprint density at radius 3 is 2.73 bits per heavy atom. The molecule has 1 heterocycles. The van der Waals surface area contributed by atoms with Crippen LogP contribution in [0.25, 0.3) is 0 Å². The van der Waals surface area contributed by atoms with Gasteiger partial charge in [0.05, 0.1) is 0 Å². The van der Waals surface area contributed by atoms with E-state index in [0.717, 1.165) is 0 Å². The molecule has 0 atom stereocenters. The van der Waals surface area contributed by atoms with Gasteiger partial charge in [-0.2, -0.15) is 0 Å². The fourth-order valence-corrected chi connectivity index (χ4v) is 2.03. The fourth-order valence-electron chi connectivity index (χ4n) is 1.01. The molecule has 0 spiro atoms. The Hall–Kier alpha value is -1.13. The van der Waals surface area contributed by atoms with Crippen molar-refractivity contribution in [1.82, 2.24) is 9.97 Å². The minimum absolute atomic E-state index is 0.266. The van der Waals surface area contributed by atoms with Crippen molar-refractivity contribution in [3.63, 3.8) is 0 Å². The van der Waals surface area contributed by atoms with Crippen LogP contribution in [0.1, 0.15) is 0 Å². The van der Waals surface area contributed by atoms with E-state index in [0.29, 0.717) is 15.1 Å². The molecule has 2 nitrogen and oxygen atoms in total. The van der Waals surface area contributed by atoms with E-state index >= 15 is 0 Å². The summed E-state index contributed by atoms with van der Waals surface area (Å²) in [6.07, 6.45) is 1.35. The van der Waals surface area contributed by atoms with Gasteiger partial charge in [-0.1, -0.05) is 35.5 Å². The standard InChI is InChI=1S/C10H6ClFN2S/c11-9-5-10(14-6-13-9)15-8-4-2-1-3-7(8)12/h1-6H. The Morgan fingerprint density at radius 2 is 2.00 bits per heavy atom. The molecule has 1 aromatic heterocycles. The number of hydrogen-bond donors (Lipinski definition) is 0. The molecule has 0 aliphatic heterocycles. The van der Waals surface area contributed by atoms with Crippen LogP contribution in [0.3, 0.4) is 0 Å². The topological polar surface area (TPSA) is 25.8 Å². The predicted octanol–water partition coefficient (Wildman–Crippen LogP) is 3.42. The lowest BCUT2D eigenvalue weighted by atomic mass is 10.3. The fraction of sp³-hybridized carbons (Fsp3) is 0. The van der Waals surface area contributed by atoms with E-state index in [1.807, 2.05) is 0 Å². The second-order valence-corrected chi connectivity index (χ2v) is 4.16. The molecule has 15 heavy (non-hydrogen) atoms. The summed E-state index contributed by atoms with van der Waals surface area (Å²) >= 11 is 6.91. The highest BCUT2D eigenvalue weighted by Crippen LogP contribution is 2.28. The van der Waals surface area contributed by atoms with E-state index in [2.05, 4.69) is 9.97 Å². The Bertz CT molecular complexity index is 478. The third-order valence-corrected chi connectivity index (χ3v) is 2.85. The van der Waals surface area contributed by atoms with Crippen molar-refractivity contribution in [2.75, 3.05) is 0 Å². The van der Waals surface area contributed by atoms with E-state index in [9.17, 15) is 4.39 Å². The van der Waals surface area contributed by atoms with Crippen LogP contribution < -0.4 is 0 Å². The molecule has 0 amide bonds. The van der Waals surface area contributed by atoms with Gasteiger partial charge < -0.3 is 0 Å². The molecule has 2 aromatic rings. The highest BCUT2D eigenvalue weighted by molar-refractivity contribution is 7.99. The third-order valence-electron chi connectivity index (χ3n) is 1.66. The lowest BCUT2D eigenvalue weighted by molar-refractivity contribution is 0.602. The quantitative estimate of drug-likeness (QED) is 0.753. The largest absolute Gasteiger partial charge is 0.230 e. The van der Waals surface area contributed by atoms with Gasteiger partial charge in [0.1, 0.15) is 22.3 Å². The van der Waals surface area contributed by atoms with Gasteiger partial charge in [-0.05, 0) is 12.1 Å². The first-order valence-electron chi connectivity index (χ1n) is 4.15. The molecule has 0 radical (unpaired) electrons. The average Bonchev–Trinajstić information content (AvgIpc) is 2.22. The van der Waals surface area contributed by atoms with Gasteiger partial charge >= 0.3 is 0 Å². The van der Waals surface area contributed by atoms with Crippen molar-refractivity contribution in [3.05, 3.63) is 47.6 Å². The van der Waals surface area contributed by atoms with E-state index in [4.69, 9.17) is 11.6 Å². The van der Waals surface area contributed by atoms with E-state index in [1.165, 1.54) is 24.2 Å². The minimum atomic E-state index is -0.266. The molecular formula is C10H6ClFN2S. The first kappa shape index (κ1) is 10.4. The summed E-state index contributed by atoms with van der Waals surface area (Å²) in [5.74, 6) is -0.266. The Balaban J connectivity index is 2.26. The molecule has 0 fully saturated rings. The van der Waals surface area contributed by atoms with Crippen LogP contribution in [-0.4, -0.2) is 9.97 Å². The summed E-state index contributed by atoms with van der Waals surface area (Å²) < 4.78 is 13.3. The second kappa shape index (κ2) is 4.59. The van der Waals surface area contributed by atoms with Crippen LogP contribution in [0, 0.1) is 5.82 Å². The van der Waals surface area contributed by atoms with Gasteiger partial charge in [0.15, 0.2) is 0 Å². The zero-order valence-corrected chi connectivity index (χ0v) is 9.10. The van der Waals surface area contributed by atoms with Crippen molar-refractivity contribution in [3.8, 4) is 0 Å². The Labute approximate surface area is 95.5 Å². The van der Waals surface area contributed by atoms with E-state index < -0.39 is 0 Å². The number of aromatic nitrogens is 2. The first-order valence-corrected chi connectivity index (χ1v) is 5.35. The van der Waals surface area contributed by atoms with Crippen LogP contribution in [0.4, 0.5) is 4.39 Å². The molecule has 5 heteroatoms. The maximum atomic E-state index is 13.3. The summed E-state index contributed by atoms with van der Waals surface area (Å²) in [4.78, 5) is 8.25. The lowest BCUT2D eigenvalue weighted by Gasteiger charge is -2.01. The number of rotatable bonds is 2. The summed E-state index contributed by atoms with van der Waals surface area (Å²) in [6, 6.07) is 8.11. The van der Waals surface area contributed by atoms with Gasteiger partial charge in [0, 0.05) is 11.0 Å². The average molecular weight is 241 g/mol. The van der Waals surface area contributed by atoms with Gasteiger partial charge in [-0.3, -0.25) is 0 Å². The molecule has 0 N–H and O–H groups in total. The van der Waals surface area contributed by atoms with Gasteiger partial charge in [0.25, 0.3) is 0 Å². The molecule has 0 bridgehead atoms. The lowest BCUT2D eigenvalue weighted by Crippen LogP contribution is -1.84. The molecule has 0 saturated heterocycles. The molecule has 1 aromatic carbocycles. The number of halogens is 2. The van der Waals surface area contributed by atoms with Crippen LogP contribution in [-0.2, 0) is 0 Å². The Morgan fingerprint density at radius 1 is 1.20 bits per heavy atom. The van der Waals surface area contributed by atoms with Crippen LogP contribution in [0.5, 0.6) is 0 Å². The number of benzene rings is 1. The molecule has 2 rings (SSSR count). The third kappa shape index (κ3) is 2.67. The summed E-state index contributed by atoms with van der Waals surface area (Å²) in [5, 5.41) is 0.976. The van der Waals surface area contributed by atoms with Crippen LogP contribution >= 0.6 is 23.4 Å².